The lowest BCUT2D eigenvalue weighted by Gasteiger charge is -2.06. The minimum absolute atomic E-state index is 0.254. The van der Waals surface area contributed by atoms with Crippen molar-refractivity contribution in [2.75, 3.05) is 6.61 Å². The van der Waals surface area contributed by atoms with Gasteiger partial charge in [-0.05, 0) is 46.9 Å². The number of hydrogen-bond acceptors (Lipinski definition) is 3. The molecule has 0 atom stereocenters. The smallest absolute Gasteiger partial charge is 0.335 e. The van der Waals surface area contributed by atoms with Crippen molar-refractivity contribution in [3.8, 4) is 5.75 Å². The van der Waals surface area contributed by atoms with E-state index in [0.29, 0.717) is 18.9 Å². The van der Waals surface area contributed by atoms with Gasteiger partial charge in [0.05, 0.1) is 21.9 Å². The maximum Gasteiger partial charge on any atom is 0.335 e. The molecule has 1 heterocycles. The van der Waals surface area contributed by atoms with E-state index in [9.17, 15) is 4.79 Å². The van der Waals surface area contributed by atoms with Crippen molar-refractivity contribution in [1.82, 2.24) is 9.78 Å². The number of ether oxygens (including phenoxy) is 1. The lowest BCUT2D eigenvalue weighted by atomic mass is 10.2. The van der Waals surface area contributed by atoms with Crippen LogP contribution in [0.1, 0.15) is 10.4 Å². The summed E-state index contributed by atoms with van der Waals surface area (Å²) in [5.74, 6) is -0.283. The highest BCUT2D eigenvalue weighted by Crippen LogP contribution is 2.12. The van der Waals surface area contributed by atoms with E-state index in [2.05, 4.69) is 27.7 Å². The normalized spacial score (nSPS) is 10.3. The summed E-state index contributed by atoms with van der Waals surface area (Å²) in [6.07, 6.45) is 3.71. The summed E-state index contributed by atoms with van der Waals surface area (Å²) in [6, 6.07) is 6.34. The van der Waals surface area contributed by atoms with E-state index in [4.69, 9.17) is 9.84 Å². The first-order valence-corrected chi connectivity index (χ1v) is 6.37. The Morgan fingerprint density at radius 3 is 2.67 bits per heavy atom. The molecule has 2 aromatic rings. The van der Waals surface area contributed by atoms with Gasteiger partial charge >= 0.3 is 5.97 Å². The minimum atomic E-state index is -0.937. The van der Waals surface area contributed by atoms with Gasteiger partial charge in [-0.15, -0.1) is 0 Å². The van der Waals surface area contributed by atoms with Crippen molar-refractivity contribution in [3.05, 3.63) is 45.8 Å². The second kappa shape index (κ2) is 5.85. The van der Waals surface area contributed by atoms with Crippen LogP contribution in [0.25, 0.3) is 0 Å². The fourth-order valence-electron chi connectivity index (χ4n) is 1.41. The Hall–Kier alpha value is -1.57. The van der Waals surface area contributed by atoms with E-state index < -0.39 is 5.97 Å². The lowest BCUT2D eigenvalue weighted by Crippen LogP contribution is -2.08. The number of nitrogens with zero attached hydrogens (tertiary/aromatic N) is 2. The summed E-state index contributed by atoms with van der Waals surface area (Å²) in [4.78, 5) is 10.7. The number of rotatable bonds is 5. The predicted molar refractivity (Wildman–Crippen MR) is 73.8 cm³/mol. The predicted octanol–water partition coefficient (Wildman–Crippen LogP) is 2.26. The Kier molecular flexibility index (Phi) is 4.19. The maximum atomic E-state index is 10.7. The molecule has 5 nitrogen and oxygen atoms in total. The van der Waals surface area contributed by atoms with E-state index >= 15 is 0 Å². The van der Waals surface area contributed by atoms with Crippen LogP contribution in [0, 0.1) is 3.57 Å². The highest BCUT2D eigenvalue weighted by molar-refractivity contribution is 14.1. The molecule has 0 amide bonds. The van der Waals surface area contributed by atoms with Crippen molar-refractivity contribution in [2.24, 2.45) is 0 Å². The molecule has 0 aliphatic rings. The van der Waals surface area contributed by atoms with E-state index in [0.717, 1.165) is 3.57 Å². The van der Waals surface area contributed by atoms with Crippen LogP contribution >= 0.6 is 22.6 Å². The van der Waals surface area contributed by atoms with Gasteiger partial charge in [0, 0.05) is 6.20 Å². The van der Waals surface area contributed by atoms with Crippen molar-refractivity contribution >= 4 is 28.6 Å². The molecule has 1 aromatic carbocycles. The van der Waals surface area contributed by atoms with Gasteiger partial charge in [0.1, 0.15) is 12.4 Å². The summed E-state index contributed by atoms with van der Waals surface area (Å²) in [7, 11) is 0. The van der Waals surface area contributed by atoms with Crippen molar-refractivity contribution < 1.29 is 14.6 Å². The van der Waals surface area contributed by atoms with Crippen LogP contribution in [-0.2, 0) is 6.54 Å². The zero-order valence-electron chi connectivity index (χ0n) is 9.41. The third kappa shape index (κ3) is 3.46. The highest BCUT2D eigenvalue weighted by atomic mass is 127. The Labute approximate surface area is 118 Å². The number of hydrogen-bond donors (Lipinski definition) is 1. The fourth-order valence-corrected chi connectivity index (χ4v) is 1.86. The summed E-state index contributed by atoms with van der Waals surface area (Å²) in [5.41, 5.74) is 0.254. The van der Waals surface area contributed by atoms with Crippen LogP contribution in [0.15, 0.2) is 36.7 Å². The van der Waals surface area contributed by atoms with E-state index in [1.54, 1.807) is 23.0 Å². The zero-order valence-corrected chi connectivity index (χ0v) is 11.6. The molecule has 0 unspecified atom stereocenters. The quantitative estimate of drug-likeness (QED) is 0.833. The molecule has 1 N–H and O–H groups in total. The molecule has 1 aromatic heterocycles. The summed E-state index contributed by atoms with van der Waals surface area (Å²) in [6.45, 7) is 1.15. The molecule has 0 aliphatic heterocycles. The first-order chi connectivity index (χ1) is 8.65. The molecule has 0 saturated carbocycles. The van der Waals surface area contributed by atoms with E-state index in [1.165, 1.54) is 12.1 Å². The van der Waals surface area contributed by atoms with Crippen LogP contribution in [0.5, 0.6) is 5.75 Å². The van der Waals surface area contributed by atoms with Crippen LogP contribution in [0.4, 0.5) is 0 Å². The number of benzene rings is 1. The first-order valence-electron chi connectivity index (χ1n) is 5.29. The SMILES string of the molecule is O=C(O)c1ccc(OCCn2cc(I)cn2)cc1. The number of carboxylic acid groups (broad SMARTS) is 1. The van der Waals surface area contributed by atoms with Gasteiger partial charge in [-0.2, -0.15) is 5.10 Å². The Bertz CT molecular complexity index is 537. The van der Waals surface area contributed by atoms with Gasteiger partial charge in [-0.1, -0.05) is 0 Å². The van der Waals surface area contributed by atoms with Gasteiger partial charge < -0.3 is 9.84 Å². The highest BCUT2D eigenvalue weighted by Gasteiger charge is 2.02. The summed E-state index contributed by atoms with van der Waals surface area (Å²) >= 11 is 2.19. The molecule has 94 valence electrons. The van der Waals surface area contributed by atoms with Crippen molar-refractivity contribution in [3.63, 3.8) is 0 Å². The second-order valence-corrected chi connectivity index (χ2v) is 4.85. The van der Waals surface area contributed by atoms with E-state index in [-0.39, 0.29) is 5.56 Å². The molecule has 18 heavy (non-hydrogen) atoms. The first kappa shape index (κ1) is 12.9. The number of carbonyl (C=O) groups is 1. The lowest BCUT2D eigenvalue weighted by molar-refractivity contribution is 0.0697. The largest absolute Gasteiger partial charge is 0.492 e. The molecule has 0 bridgehead atoms. The molecule has 2 rings (SSSR count). The fraction of sp³-hybridized carbons (Fsp3) is 0.167. The summed E-state index contributed by atoms with van der Waals surface area (Å²) < 4.78 is 8.38. The molecular formula is C12H11IN2O3. The Morgan fingerprint density at radius 2 is 2.11 bits per heavy atom. The number of aromatic carboxylic acids is 1. The standard InChI is InChI=1S/C12H11IN2O3/c13-10-7-14-15(8-10)5-6-18-11-3-1-9(2-4-11)12(16)17/h1-4,7-8H,5-6H2,(H,16,17). The van der Waals surface area contributed by atoms with Crippen LogP contribution in [0.3, 0.4) is 0 Å². The monoisotopic (exact) mass is 358 g/mol. The van der Waals surface area contributed by atoms with Gasteiger partial charge in [-0.25, -0.2) is 4.79 Å². The van der Waals surface area contributed by atoms with Gasteiger partial charge in [0.2, 0.25) is 0 Å². The zero-order chi connectivity index (χ0) is 13.0. The second-order valence-electron chi connectivity index (χ2n) is 3.60. The molecule has 0 radical (unpaired) electrons. The molecule has 0 fully saturated rings. The Balaban J connectivity index is 1.85. The number of aromatic nitrogens is 2. The van der Waals surface area contributed by atoms with Gasteiger partial charge in [0.25, 0.3) is 0 Å². The third-order valence-electron chi connectivity index (χ3n) is 2.29. The van der Waals surface area contributed by atoms with Crippen LogP contribution in [-0.4, -0.2) is 27.5 Å². The molecule has 0 aliphatic carbocycles. The van der Waals surface area contributed by atoms with Crippen LogP contribution in [0.2, 0.25) is 0 Å². The average molecular weight is 358 g/mol. The summed E-state index contributed by atoms with van der Waals surface area (Å²) in [5, 5.41) is 12.9. The Morgan fingerprint density at radius 1 is 1.39 bits per heavy atom. The third-order valence-corrected chi connectivity index (χ3v) is 2.85. The van der Waals surface area contributed by atoms with Crippen molar-refractivity contribution in [2.45, 2.75) is 6.54 Å². The molecule has 0 spiro atoms. The molecular weight excluding hydrogens is 347 g/mol. The molecule has 6 heteroatoms. The van der Waals surface area contributed by atoms with Crippen molar-refractivity contribution in [1.29, 1.82) is 0 Å². The van der Waals surface area contributed by atoms with Gasteiger partial charge in [0.15, 0.2) is 0 Å². The van der Waals surface area contributed by atoms with Crippen LogP contribution < -0.4 is 4.74 Å². The topological polar surface area (TPSA) is 64.3 Å². The number of carboxylic acids is 1. The average Bonchev–Trinajstić information content (AvgIpc) is 2.76. The number of halogens is 1. The van der Waals surface area contributed by atoms with E-state index in [1.807, 2.05) is 6.20 Å². The maximum absolute atomic E-state index is 10.7. The molecule has 0 saturated heterocycles. The minimum Gasteiger partial charge on any atom is -0.492 e. The van der Waals surface area contributed by atoms with Gasteiger partial charge in [-0.3, -0.25) is 4.68 Å².